The zero-order chi connectivity index (χ0) is 22.9. The van der Waals surface area contributed by atoms with Gasteiger partial charge in [0.2, 0.25) is 0 Å². The first-order chi connectivity index (χ1) is 15.1. The molecular formula is C26H56FNO3S. The molecule has 0 heterocycles. The number of rotatable bonds is 26. The highest BCUT2D eigenvalue weighted by molar-refractivity contribution is 7.86. The second kappa shape index (κ2) is 27.0. The molecule has 3 N–H and O–H groups in total. The van der Waals surface area contributed by atoms with Gasteiger partial charge >= 0.3 is 0 Å². The molecule has 0 aromatic rings. The monoisotopic (exact) mass is 481 g/mol. The lowest BCUT2D eigenvalue weighted by Gasteiger charge is -2.06. The zero-order valence-electron chi connectivity index (χ0n) is 21.4. The molecule has 0 atom stereocenters. The van der Waals surface area contributed by atoms with Crippen molar-refractivity contribution in [1.29, 1.82) is 0 Å². The highest BCUT2D eigenvalue weighted by Crippen LogP contribution is 2.13. The summed E-state index contributed by atoms with van der Waals surface area (Å²) in [5, 5.41) is 0. The first-order valence-corrected chi connectivity index (χ1v) is 15.1. The highest BCUT2D eigenvalue weighted by Gasteiger charge is 2.10. The quantitative estimate of drug-likeness (QED) is 0.0986. The van der Waals surface area contributed by atoms with Crippen LogP contribution in [0.4, 0.5) is 4.39 Å². The van der Waals surface area contributed by atoms with E-state index in [0.717, 1.165) is 44.9 Å². The van der Waals surface area contributed by atoms with Crippen LogP contribution in [0, 0.1) is 0 Å². The average molecular weight is 482 g/mol. The third-order valence-electron chi connectivity index (χ3n) is 6.04. The summed E-state index contributed by atoms with van der Waals surface area (Å²) in [6.07, 6.45) is 25.7. The van der Waals surface area contributed by atoms with Crippen molar-refractivity contribution in [2.24, 2.45) is 0 Å². The fourth-order valence-electron chi connectivity index (χ4n) is 3.98. The van der Waals surface area contributed by atoms with Crippen molar-refractivity contribution < 1.29 is 17.0 Å². The molecule has 0 spiro atoms. The van der Waals surface area contributed by atoms with E-state index in [1.54, 1.807) is 0 Å². The third-order valence-corrected chi connectivity index (χ3v) is 7.35. The standard InChI is InChI=1S/C26H53FO3S.H3N/c1-2-3-4-5-6-7-8-9-10-13-16-19-22-25-30-31(28,29)26-23-20-17-14-11-12-15-18-21-24-27;/h2-26H2,1H3;1H3. The van der Waals surface area contributed by atoms with Gasteiger partial charge in [0.15, 0.2) is 0 Å². The van der Waals surface area contributed by atoms with Crippen LogP contribution in [0.1, 0.15) is 148 Å². The van der Waals surface area contributed by atoms with Gasteiger partial charge < -0.3 is 6.15 Å². The van der Waals surface area contributed by atoms with Crippen molar-refractivity contribution in [3.63, 3.8) is 0 Å². The Morgan fingerprint density at radius 1 is 0.531 bits per heavy atom. The van der Waals surface area contributed by atoms with Crippen LogP contribution in [0.3, 0.4) is 0 Å². The Morgan fingerprint density at radius 2 is 0.875 bits per heavy atom. The lowest BCUT2D eigenvalue weighted by molar-refractivity contribution is 0.305. The lowest BCUT2D eigenvalue weighted by atomic mass is 10.0. The number of halogens is 1. The van der Waals surface area contributed by atoms with E-state index in [1.165, 1.54) is 83.5 Å². The summed E-state index contributed by atoms with van der Waals surface area (Å²) in [6, 6.07) is 0. The van der Waals surface area contributed by atoms with Crippen LogP contribution in [0.25, 0.3) is 0 Å². The van der Waals surface area contributed by atoms with E-state index in [9.17, 15) is 12.8 Å². The summed E-state index contributed by atoms with van der Waals surface area (Å²) < 4.78 is 41.0. The third kappa shape index (κ3) is 27.8. The molecule has 32 heavy (non-hydrogen) atoms. The zero-order valence-corrected chi connectivity index (χ0v) is 22.2. The van der Waals surface area contributed by atoms with Gasteiger partial charge in [-0.25, -0.2) is 0 Å². The fraction of sp³-hybridized carbons (Fsp3) is 1.00. The van der Waals surface area contributed by atoms with E-state index in [2.05, 4.69) is 6.92 Å². The SMILES string of the molecule is CCCCCCCCCCCCCCCOS(=O)(=O)CCCCCCCCCCCF.N. The summed E-state index contributed by atoms with van der Waals surface area (Å²) in [6.45, 7) is 2.41. The highest BCUT2D eigenvalue weighted by atomic mass is 32.2. The summed E-state index contributed by atoms with van der Waals surface area (Å²) >= 11 is 0. The van der Waals surface area contributed by atoms with E-state index in [1.807, 2.05) is 0 Å². The minimum atomic E-state index is -3.34. The second-order valence-corrected chi connectivity index (χ2v) is 11.0. The van der Waals surface area contributed by atoms with Gasteiger partial charge in [-0.05, 0) is 19.3 Å². The van der Waals surface area contributed by atoms with Crippen molar-refractivity contribution in [2.75, 3.05) is 19.0 Å². The molecule has 0 aromatic carbocycles. The largest absolute Gasteiger partial charge is 0.344 e. The first kappa shape index (κ1) is 34.0. The van der Waals surface area contributed by atoms with Gasteiger partial charge in [0.1, 0.15) is 0 Å². The molecule has 0 bridgehead atoms. The Bertz CT molecular complexity index is 446. The van der Waals surface area contributed by atoms with Crippen molar-refractivity contribution in [3.8, 4) is 0 Å². The van der Waals surface area contributed by atoms with Gasteiger partial charge in [0.05, 0.1) is 19.0 Å². The normalized spacial score (nSPS) is 11.6. The van der Waals surface area contributed by atoms with Crippen molar-refractivity contribution >= 4 is 10.1 Å². The van der Waals surface area contributed by atoms with Gasteiger partial charge in [-0.1, -0.05) is 129 Å². The number of unbranched alkanes of at least 4 members (excludes halogenated alkanes) is 20. The Labute approximate surface area is 200 Å². The van der Waals surface area contributed by atoms with Crippen LogP contribution in [0.15, 0.2) is 0 Å². The van der Waals surface area contributed by atoms with Crippen LogP contribution in [-0.2, 0) is 14.3 Å². The summed E-state index contributed by atoms with van der Waals surface area (Å²) in [7, 11) is -3.34. The Kier molecular flexibility index (Phi) is 28.7. The van der Waals surface area contributed by atoms with Crippen molar-refractivity contribution in [3.05, 3.63) is 0 Å². The molecule has 0 aliphatic carbocycles. The lowest BCUT2D eigenvalue weighted by Crippen LogP contribution is -2.11. The topological polar surface area (TPSA) is 78.4 Å². The van der Waals surface area contributed by atoms with E-state index < -0.39 is 10.1 Å². The molecule has 0 radical (unpaired) electrons. The molecule has 0 aromatic heterocycles. The van der Waals surface area contributed by atoms with Gasteiger partial charge in [-0.15, -0.1) is 0 Å². The van der Waals surface area contributed by atoms with Crippen molar-refractivity contribution in [2.45, 2.75) is 148 Å². The maximum atomic E-state index is 12.0. The van der Waals surface area contributed by atoms with E-state index in [0.29, 0.717) is 19.4 Å². The number of hydrogen-bond donors (Lipinski definition) is 1. The van der Waals surface area contributed by atoms with Crippen LogP contribution < -0.4 is 6.15 Å². The molecule has 6 heteroatoms. The molecule has 4 nitrogen and oxygen atoms in total. The molecule has 0 fully saturated rings. The minimum Gasteiger partial charge on any atom is -0.344 e. The van der Waals surface area contributed by atoms with Crippen LogP contribution in [-0.4, -0.2) is 27.5 Å². The molecule has 0 saturated heterocycles. The maximum absolute atomic E-state index is 12.0. The summed E-state index contributed by atoms with van der Waals surface area (Å²) in [5.41, 5.74) is 0. The molecule has 0 amide bonds. The van der Waals surface area contributed by atoms with Gasteiger partial charge in [0.25, 0.3) is 10.1 Å². The van der Waals surface area contributed by atoms with Gasteiger partial charge in [-0.2, -0.15) is 8.42 Å². The van der Waals surface area contributed by atoms with E-state index in [4.69, 9.17) is 4.18 Å². The minimum absolute atomic E-state index is 0. The molecule has 0 rings (SSSR count). The molecule has 0 unspecified atom stereocenters. The van der Waals surface area contributed by atoms with Crippen LogP contribution in [0.2, 0.25) is 0 Å². The average Bonchev–Trinajstić information content (AvgIpc) is 2.75. The van der Waals surface area contributed by atoms with Gasteiger partial charge in [0, 0.05) is 0 Å². The molecule has 196 valence electrons. The van der Waals surface area contributed by atoms with E-state index >= 15 is 0 Å². The van der Waals surface area contributed by atoms with Crippen LogP contribution in [0.5, 0.6) is 0 Å². The molecule has 0 aliphatic rings. The molecule has 0 aliphatic heterocycles. The first-order valence-electron chi connectivity index (χ1n) is 13.6. The van der Waals surface area contributed by atoms with E-state index in [-0.39, 0.29) is 18.6 Å². The fourth-order valence-corrected chi connectivity index (χ4v) is 5.02. The predicted molar refractivity (Wildman–Crippen MR) is 138 cm³/mol. The molecular weight excluding hydrogens is 425 g/mol. The summed E-state index contributed by atoms with van der Waals surface area (Å²) in [5.74, 6) is 0.155. The van der Waals surface area contributed by atoms with Crippen molar-refractivity contribution in [1.82, 2.24) is 6.15 Å². The van der Waals surface area contributed by atoms with Gasteiger partial charge in [-0.3, -0.25) is 8.57 Å². The predicted octanol–water partition coefficient (Wildman–Crippen LogP) is 9.07. The maximum Gasteiger partial charge on any atom is 0.267 e. The molecule has 0 saturated carbocycles. The Balaban J connectivity index is 0. The number of hydrogen-bond acceptors (Lipinski definition) is 4. The Morgan fingerprint density at radius 3 is 1.28 bits per heavy atom. The smallest absolute Gasteiger partial charge is 0.267 e. The Hall–Kier alpha value is -0.200. The summed E-state index contributed by atoms with van der Waals surface area (Å²) in [4.78, 5) is 0. The van der Waals surface area contributed by atoms with Crippen LogP contribution >= 0.6 is 0 Å². The second-order valence-electron chi connectivity index (χ2n) is 9.20. The number of alkyl halides is 1.